The lowest BCUT2D eigenvalue weighted by molar-refractivity contribution is -0.128. The second-order valence-corrected chi connectivity index (χ2v) is 11.4. The third-order valence-corrected chi connectivity index (χ3v) is 8.24. The van der Waals surface area contributed by atoms with Crippen LogP contribution in [0.15, 0.2) is 66.7 Å². The molecule has 0 aromatic heterocycles. The Kier molecular flexibility index (Phi) is 10.5. The summed E-state index contributed by atoms with van der Waals surface area (Å²) in [6.45, 7) is 4.41. The maximum Gasteiger partial charge on any atom is 0.335 e. The van der Waals surface area contributed by atoms with Crippen molar-refractivity contribution in [1.82, 2.24) is 9.80 Å². The highest BCUT2D eigenvalue weighted by Crippen LogP contribution is 2.37. The molecule has 3 N–H and O–H groups in total. The number of carbonyl (C=O) groups excluding carboxylic acids is 1. The summed E-state index contributed by atoms with van der Waals surface area (Å²) in [5, 5.41) is 27.5. The molecule has 0 saturated carbocycles. The monoisotopic (exact) mass is 618 g/mol. The van der Waals surface area contributed by atoms with E-state index in [1.807, 2.05) is 35.2 Å². The number of carboxylic acids is 2. The zero-order valence-corrected chi connectivity index (χ0v) is 25.0. The van der Waals surface area contributed by atoms with E-state index in [9.17, 15) is 19.5 Å². The van der Waals surface area contributed by atoms with Gasteiger partial charge in [0.2, 0.25) is 12.7 Å². The number of hydrogen-bond donors (Lipinski definition) is 3. The SMILES string of the molecule is O=C(O)c1ccc(C(=O)O)cc1.O=C1CCCN1Cc1ccccc1OC[C@@H](O)CN1CCC(c2ccc3c(c2)OCO3)CC1. The van der Waals surface area contributed by atoms with Gasteiger partial charge in [0, 0.05) is 31.6 Å². The topological polar surface area (TPSA) is 146 Å². The molecule has 0 aliphatic carbocycles. The Hall–Kier alpha value is -4.61. The first-order valence-electron chi connectivity index (χ1n) is 15.1. The number of carbonyl (C=O) groups is 3. The Bertz CT molecular complexity index is 1450. The Morgan fingerprint density at radius 1 is 0.889 bits per heavy atom. The summed E-state index contributed by atoms with van der Waals surface area (Å²) < 4.78 is 16.9. The highest BCUT2D eigenvalue weighted by Gasteiger charge is 2.25. The molecular formula is C34H38N2O9. The van der Waals surface area contributed by atoms with Crippen LogP contribution in [0.3, 0.4) is 0 Å². The molecule has 3 aromatic carbocycles. The summed E-state index contributed by atoms with van der Waals surface area (Å²) in [4.78, 5) is 36.8. The summed E-state index contributed by atoms with van der Waals surface area (Å²) in [7, 11) is 0. The first-order valence-corrected chi connectivity index (χ1v) is 15.1. The van der Waals surface area contributed by atoms with Crippen molar-refractivity contribution in [3.8, 4) is 17.2 Å². The lowest BCUT2D eigenvalue weighted by atomic mass is 9.89. The van der Waals surface area contributed by atoms with Crippen molar-refractivity contribution < 1.29 is 43.9 Å². The summed E-state index contributed by atoms with van der Waals surface area (Å²) >= 11 is 0. The zero-order chi connectivity index (χ0) is 31.8. The van der Waals surface area contributed by atoms with Crippen molar-refractivity contribution in [2.45, 2.75) is 44.2 Å². The van der Waals surface area contributed by atoms with Crippen LogP contribution in [0, 0.1) is 0 Å². The predicted molar refractivity (Wildman–Crippen MR) is 164 cm³/mol. The molecule has 45 heavy (non-hydrogen) atoms. The van der Waals surface area contributed by atoms with Gasteiger partial charge in [-0.05, 0) is 86.3 Å². The van der Waals surface area contributed by atoms with Gasteiger partial charge in [-0.2, -0.15) is 0 Å². The van der Waals surface area contributed by atoms with Crippen molar-refractivity contribution in [3.63, 3.8) is 0 Å². The molecule has 2 fully saturated rings. The van der Waals surface area contributed by atoms with Gasteiger partial charge in [0.1, 0.15) is 18.5 Å². The minimum Gasteiger partial charge on any atom is -0.490 e. The molecule has 6 rings (SSSR count). The van der Waals surface area contributed by atoms with Gasteiger partial charge in [0.25, 0.3) is 0 Å². The third kappa shape index (κ3) is 8.52. The fourth-order valence-corrected chi connectivity index (χ4v) is 5.76. The fourth-order valence-electron chi connectivity index (χ4n) is 5.76. The summed E-state index contributed by atoms with van der Waals surface area (Å²) in [6.07, 6.45) is 3.10. The van der Waals surface area contributed by atoms with Crippen molar-refractivity contribution >= 4 is 17.8 Å². The number of fused-ring (bicyclic) bond motifs is 1. The molecule has 0 spiro atoms. The van der Waals surface area contributed by atoms with Crippen molar-refractivity contribution in [3.05, 3.63) is 89.0 Å². The second kappa shape index (κ2) is 14.9. The molecule has 3 aromatic rings. The van der Waals surface area contributed by atoms with Gasteiger partial charge in [-0.1, -0.05) is 24.3 Å². The number of para-hydroxylation sites is 1. The predicted octanol–water partition coefficient (Wildman–Crippen LogP) is 4.24. The summed E-state index contributed by atoms with van der Waals surface area (Å²) in [6, 6.07) is 19.1. The van der Waals surface area contributed by atoms with E-state index in [1.165, 1.54) is 29.8 Å². The number of aromatic carboxylic acids is 2. The average Bonchev–Trinajstić information content (AvgIpc) is 3.69. The molecule has 238 valence electrons. The molecule has 1 amide bonds. The van der Waals surface area contributed by atoms with Crippen LogP contribution in [0.25, 0.3) is 0 Å². The Morgan fingerprint density at radius 2 is 1.56 bits per heavy atom. The standard InChI is InChI=1S/C26H32N2O5.C8H6O4/c29-22(17-31-23-5-2-1-4-21(23)15-28-11-3-6-26(28)30)16-27-12-9-19(10-13-27)20-7-8-24-25(14-20)33-18-32-24;9-7(10)5-1-2-6(4-3-5)8(11)12/h1-2,4-5,7-8,14,19,22,29H,3,6,9-13,15-18H2;1-4H,(H,9,10)(H,11,12)/t22-;/m0./s1. The molecule has 3 aliphatic heterocycles. The quantitative estimate of drug-likeness (QED) is 0.302. The number of hydrogen-bond acceptors (Lipinski definition) is 8. The average molecular weight is 619 g/mol. The van der Waals surface area contributed by atoms with Gasteiger partial charge in [0.05, 0.1) is 11.1 Å². The fraction of sp³-hybridized carbons (Fsp3) is 0.382. The second-order valence-electron chi connectivity index (χ2n) is 11.4. The van der Waals surface area contributed by atoms with Crippen molar-refractivity contribution in [2.75, 3.05) is 39.6 Å². The van der Waals surface area contributed by atoms with E-state index in [1.54, 1.807) is 0 Å². The number of likely N-dealkylation sites (tertiary alicyclic amines) is 2. The molecule has 3 aliphatic rings. The van der Waals surface area contributed by atoms with Crippen molar-refractivity contribution in [1.29, 1.82) is 0 Å². The Morgan fingerprint density at radius 3 is 2.20 bits per heavy atom. The van der Waals surface area contributed by atoms with Gasteiger partial charge in [-0.25, -0.2) is 9.59 Å². The van der Waals surface area contributed by atoms with Gasteiger partial charge >= 0.3 is 11.9 Å². The number of amides is 1. The van der Waals surface area contributed by atoms with E-state index in [0.717, 1.165) is 61.7 Å². The Balaban J connectivity index is 0.000000282. The van der Waals surface area contributed by atoms with Gasteiger partial charge < -0.3 is 39.3 Å². The maximum atomic E-state index is 12.0. The number of rotatable bonds is 10. The molecule has 11 heteroatoms. The van der Waals surface area contributed by atoms with E-state index in [0.29, 0.717) is 32.2 Å². The highest BCUT2D eigenvalue weighted by atomic mass is 16.7. The van der Waals surface area contributed by atoms with E-state index in [4.69, 9.17) is 24.4 Å². The lowest BCUT2D eigenvalue weighted by Crippen LogP contribution is -2.40. The number of aliphatic hydroxyl groups is 1. The minimum atomic E-state index is -1.06. The number of aliphatic hydroxyl groups excluding tert-OH is 1. The molecule has 2 saturated heterocycles. The van der Waals surface area contributed by atoms with Crippen LogP contribution in [0.2, 0.25) is 0 Å². The molecule has 0 unspecified atom stereocenters. The highest BCUT2D eigenvalue weighted by molar-refractivity contribution is 5.91. The number of piperidine rings is 1. The number of benzene rings is 3. The van der Waals surface area contributed by atoms with Crippen LogP contribution < -0.4 is 14.2 Å². The summed E-state index contributed by atoms with van der Waals surface area (Å²) in [5.74, 6) is 1.000. The molecule has 1 atom stereocenters. The van der Waals surface area contributed by atoms with Gasteiger partial charge in [-0.15, -0.1) is 0 Å². The van der Waals surface area contributed by atoms with E-state index in [-0.39, 0.29) is 23.6 Å². The lowest BCUT2D eigenvalue weighted by Gasteiger charge is -2.33. The summed E-state index contributed by atoms with van der Waals surface area (Å²) in [5.41, 5.74) is 2.46. The van der Waals surface area contributed by atoms with E-state index < -0.39 is 18.0 Å². The third-order valence-electron chi connectivity index (χ3n) is 8.24. The Labute approximate surface area is 261 Å². The van der Waals surface area contributed by atoms with Crippen molar-refractivity contribution in [2.24, 2.45) is 0 Å². The smallest absolute Gasteiger partial charge is 0.335 e. The van der Waals surface area contributed by atoms with Crippen LogP contribution in [0.4, 0.5) is 0 Å². The van der Waals surface area contributed by atoms with E-state index >= 15 is 0 Å². The molecule has 3 heterocycles. The molecule has 0 bridgehead atoms. The molecule has 0 radical (unpaired) electrons. The maximum absolute atomic E-state index is 12.0. The zero-order valence-electron chi connectivity index (χ0n) is 25.0. The van der Waals surface area contributed by atoms with Gasteiger partial charge in [0.15, 0.2) is 11.5 Å². The van der Waals surface area contributed by atoms with Crippen LogP contribution in [0.5, 0.6) is 17.2 Å². The largest absolute Gasteiger partial charge is 0.490 e. The minimum absolute atomic E-state index is 0.0833. The van der Waals surface area contributed by atoms with Crippen LogP contribution in [0.1, 0.15) is 63.4 Å². The van der Waals surface area contributed by atoms with Crippen LogP contribution in [-0.4, -0.2) is 88.6 Å². The first kappa shape index (κ1) is 31.8. The number of carboxylic acid groups (broad SMARTS) is 2. The first-order chi connectivity index (χ1) is 21.8. The van der Waals surface area contributed by atoms with Crippen LogP contribution >= 0.6 is 0 Å². The normalized spacial score (nSPS) is 17.0. The van der Waals surface area contributed by atoms with Gasteiger partial charge in [-0.3, -0.25) is 4.79 Å². The number of nitrogens with zero attached hydrogens (tertiary/aromatic N) is 2. The molecule has 11 nitrogen and oxygen atoms in total. The molecular weight excluding hydrogens is 580 g/mol. The van der Waals surface area contributed by atoms with Crippen LogP contribution in [-0.2, 0) is 11.3 Å². The van der Waals surface area contributed by atoms with E-state index in [2.05, 4.69) is 17.0 Å². The number of ether oxygens (including phenoxy) is 3. The number of β-amino-alcohol motifs (C(OH)–C–C–N with tert-alkyl or cyclic N) is 1.